The Labute approximate surface area is 171 Å². The summed E-state index contributed by atoms with van der Waals surface area (Å²) in [6.07, 6.45) is 1.38. The van der Waals surface area contributed by atoms with Crippen LogP contribution in [0.3, 0.4) is 0 Å². The van der Waals surface area contributed by atoms with Gasteiger partial charge in [-0.2, -0.15) is 0 Å². The number of hydrogen-bond acceptors (Lipinski definition) is 3. The Morgan fingerprint density at radius 1 is 1.10 bits per heavy atom. The van der Waals surface area contributed by atoms with Crippen molar-refractivity contribution < 1.29 is 26.4 Å². The van der Waals surface area contributed by atoms with Crippen LogP contribution in [0.5, 0.6) is 0 Å². The summed E-state index contributed by atoms with van der Waals surface area (Å²) >= 11 is 6.03. The molecule has 1 saturated carbocycles. The van der Waals surface area contributed by atoms with Crippen LogP contribution >= 0.6 is 11.6 Å². The molecule has 2 aromatic rings. The lowest BCUT2D eigenvalue weighted by Crippen LogP contribution is -2.36. The van der Waals surface area contributed by atoms with E-state index < -0.39 is 32.4 Å². The van der Waals surface area contributed by atoms with Gasteiger partial charge in [-0.3, -0.25) is 4.79 Å². The number of carbonyl (C=O) groups excluding carboxylic acids is 1. The number of benzene rings is 2. The topological polar surface area (TPSA) is 66.5 Å². The van der Waals surface area contributed by atoms with Crippen molar-refractivity contribution in [1.29, 1.82) is 0 Å². The van der Waals surface area contributed by atoms with E-state index in [1.807, 2.05) is 0 Å². The van der Waals surface area contributed by atoms with Crippen LogP contribution in [0.4, 0.5) is 13.2 Å². The van der Waals surface area contributed by atoms with Crippen LogP contribution in [0.25, 0.3) is 0 Å². The first kappa shape index (κ1) is 21.6. The molecule has 5 nitrogen and oxygen atoms in total. The summed E-state index contributed by atoms with van der Waals surface area (Å²) in [7, 11) is -4.11. The van der Waals surface area contributed by atoms with E-state index >= 15 is 0 Å². The molecule has 0 unspecified atom stereocenters. The van der Waals surface area contributed by atoms with Crippen LogP contribution < -0.4 is 4.72 Å². The van der Waals surface area contributed by atoms with Gasteiger partial charge in [0, 0.05) is 29.6 Å². The lowest BCUT2D eigenvalue weighted by atomic mass is 10.2. The van der Waals surface area contributed by atoms with Crippen molar-refractivity contribution in [3.8, 4) is 0 Å². The maximum atomic E-state index is 14.0. The lowest BCUT2D eigenvalue weighted by molar-refractivity contribution is -0.132. The van der Waals surface area contributed by atoms with Crippen molar-refractivity contribution in [2.75, 3.05) is 6.54 Å². The van der Waals surface area contributed by atoms with Crippen molar-refractivity contribution >= 4 is 27.5 Å². The van der Waals surface area contributed by atoms with E-state index in [1.165, 1.54) is 23.1 Å². The molecule has 10 heteroatoms. The molecule has 1 N–H and O–H groups in total. The number of amides is 1. The van der Waals surface area contributed by atoms with E-state index in [1.54, 1.807) is 0 Å². The zero-order chi connectivity index (χ0) is 21.2. The highest BCUT2D eigenvalue weighted by Crippen LogP contribution is 2.31. The molecule has 0 aliphatic heterocycles. The molecular weight excluding hydrogens is 429 g/mol. The Morgan fingerprint density at radius 2 is 1.83 bits per heavy atom. The minimum atomic E-state index is -4.11. The quantitative estimate of drug-likeness (QED) is 0.673. The third-order valence-corrected chi connectivity index (χ3v) is 6.34. The second-order valence-electron chi connectivity index (χ2n) is 6.68. The third kappa shape index (κ3) is 5.29. The first-order valence-electron chi connectivity index (χ1n) is 8.86. The van der Waals surface area contributed by atoms with Gasteiger partial charge in [-0.1, -0.05) is 17.7 Å². The Kier molecular flexibility index (Phi) is 6.50. The molecule has 1 fully saturated rings. The predicted molar refractivity (Wildman–Crippen MR) is 101 cm³/mol. The van der Waals surface area contributed by atoms with Crippen LogP contribution in [0.15, 0.2) is 41.3 Å². The van der Waals surface area contributed by atoms with Gasteiger partial charge in [-0.15, -0.1) is 0 Å². The molecule has 156 valence electrons. The van der Waals surface area contributed by atoms with Crippen molar-refractivity contribution in [3.05, 3.63) is 64.4 Å². The molecule has 0 radical (unpaired) electrons. The summed E-state index contributed by atoms with van der Waals surface area (Å²) in [6.45, 7) is -0.251. The second kappa shape index (κ2) is 8.73. The monoisotopic (exact) mass is 446 g/mol. The number of nitrogens with zero attached hydrogens (tertiary/aromatic N) is 1. The van der Waals surface area contributed by atoms with E-state index in [2.05, 4.69) is 4.72 Å². The van der Waals surface area contributed by atoms with Gasteiger partial charge in [0.1, 0.15) is 5.82 Å². The fourth-order valence-corrected chi connectivity index (χ4v) is 4.09. The van der Waals surface area contributed by atoms with Crippen molar-refractivity contribution in [3.63, 3.8) is 0 Å². The van der Waals surface area contributed by atoms with Gasteiger partial charge >= 0.3 is 0 Å². The van der Waals surface area contributed by atoms with Gasteiger partial charge in [0.25, 0.3) is 0 Å². The van der Waals surface area contributed by atoms with Crippen LogP contribution in [-0.4, -0.2) is 31.8 Å². The molecule has 0 saturated heterocycles. The van der Waals surface area contributed by atoms with E-state index in [0.717, 1.165) is 18.9 Å². The normalized spacial score (nSPS) is 14.1. The molecule has 1 aliphatic rings. The fraction of sp³-hybridized carbons (Fsp3) is 0.316. The van der Waals surface area contributed by atoms with E-state index in [4.69, 9.17) is 11.6 Å². The number of halogens is 4. The van der Waals surface area contributed by atoms with Gasteiger partial charge in [0.2, 0.25) is 15.9 Å². The molecule has 2 aromatic carbocycles. The number of rotatable bonds is 8. The maximum Gasteiger partial charge on any atom is 0.240 e. The first-order valence-corrected chi connectivity index (χ1v) is 10.7. The first-order chi connectivity index (χ1) is 13.7. The van der Waals surface area contributed by atoms with E-state index in [0.29, 0.717) is 12.1 Å². The predicted octanol–water partition coefficient (Wildman–Crippen LogP) is 3.62. The number of carbonyl (C=O) groups is 1. The van der Waals surface area contributed by atoms with E-state index in [-0.39, 0.29) is 42.0 Å². The number of sulfonamides is 1. The maximum absolute atomic E-state index is 14.0. The molecule has 0 spiro atoms. The van der Waals surface area contributed by atoms with Crippen LogP contribution in [0.1, 0.15) is 24.8 Å². The standard InChI is InChI=1S/C19H18ClF3N2O3S/c20-15-2-1-3-16(21)14(15)11-25(12-4-5-12)19(26)8-9-24-29(27,28)13-6-7-17(22)18(23)10-13/h1-3,6-7,10,12,24H,4-5,8-9,11H2. The van der Waals surface area contributed by atoms with Gasteiger partial charge in [0.05, 0.1) is 11.4 Å². The van der Waals surface area contributed by atoms with Gasteiger partial charge in [-0.05, 0) is 43.2 Å². The van der Waals surface area contributed by atoms with Crippen molar-refractivity contribution in [1.82, 2.24) is 9.62 Å². The zero-order valence-electron chi connectivity index (χ0n) is 15.2. The second-order valence-corrected chi connectivity index (χ2v) is 8.85. The fourth-order valence-electron chi connectivity index (χ4n) is 2.82. The Bertz CT molecular complexity index is 1010. The smallest absolute Gasteiger partial charge is 0.240 e. The number of nitrogens with one attached hydrogen (secondary N) is 1. The Balaban J connectivity index is 1.63. The third-order valence-electron chi connectivity index (χ3n) is 4.53. The molecule has 0 heterocycles. The van der Waals surface area contributed by atoms with Crippen LogP contribution in [0, 0.1) is 17.5 Å². The minimum Gasteiger partial charge on any atom is -0.335 e. The Hall–Kier alpha value is -2.10. The SMILES string of the molecule is O=C(CCNS(=O)(=O)c1ccc(F)c(F)c1)N(Cc1c(F)cccc1Cl)C1CC1. The molecule has 1 amide bonds. The summed E-state index contributed by atoms with van der Waals surface area (Å²) in [5.74, 6) is -3.33. The molecule has 0 aromatic heterocycles. The molecule has 1 aliphatic carbocycles. The lowest BCUT2D eigenvalue weighted by Gasteiger charge is -2.23. The van der Waals surface area contributed by atoms with Gasteiger partial charge in [-0.25, -0.2) is 26.3 Å². The number of hydrogen-bond donors (Lipinski definition) is 1. The van der Waals surface area contributed by atoms with Gasteiger partial charge < -0.3 is 4.90 Å². The zero-order valence-corrected chi connectivity index (χ0v) is 16.7. The minimum absolute atomic E-state index is 0.00900. The summed E-state index contributed by atoms with van der Waals surface area (Å²) in [4.78, 5) is 13.6. The summed E-state index contributed by atoms with van der Waals surface area (Å²) in [6, 6.07) is 6.42. The summed E-state index contributed by atoms with van der Waals surface area (Å²) in [5, 5.41) is 0.211. The molecular formula is C19H18ClF3N2O3S. The highest BCUT2D eigenvalue weighted by atomic mass is 35.5. The van der Waals surface area contributed by atoms with Gasteiger partial charge in [0.15, 0.2) is 11.6 Å². The van der Waals surface area contributed by atoms with Crippen molar-refractivity contribution in [2.24, 2.45) is 0 Å². The molecule has 0 atom stereocenters. The molecule has 3 rings (SSSR count). The molecule has 0 bridgehead atoms. The summed E-state index contributed by atoms with van der Waals surface area (Å²) < 4.78 is 66.8. The van der Waals surface area contributed by atoms with Crippen LogP contribution in [0.2, 0.25) is 5.02 Å². The average Bonchev–Trinajstić information content (AvgIpc) is 3.48. The highest BCUT2D eigenvalue weighted by molar-refractivity contribution is 7.89. The average molecular weight is 447 g/mol. The summed E-state index contributed by atoms with van der Waals surface area (Å²) in [5.41, 5.74) is 0.205. The highest BCUT2D eigenvalue weighted by Gasteiger charge is 2.33. The van der Waals surface area contributed by atoms with E-state index in [9.17, 15) is 26.4 Å². The van der Waals surface area contributed by atoms with Crippen LogP contribution in [-0.2, 0) is 21.4 Å². The Morgan fingerprint density at radius 3 is 2.45 bits per heavy atom. The molecule has 29 heavy (non-hydrogen) atoms. The van der Waals surface area contributed by atoms with Crippen molar-refractivity contribution in [2.45, 2.75) is 36.7 Å². The largest absolute Gasteiger partial charge is 0.335 e.